The van der Waals surface area contributed by atoms with Crippen molar-refractivity contribution < 1.29 is 17.1 Å². The molecule has 0 bridgehead atoms. The van der Waals surface area contributed by atoms with Crippen LogP contribution in [0.3, 0.4) is 0 Å². The monoisotopic (exact) mass is 254 g/mol. The minimum absolute atomic E-state index is 0. The van der Waals surface area contributed by atoms with E-state index in [-0.39, 0.29) is 17.1 Å². The van der Waals surface area contributed by atoms with Gasteiger partial charge in [0.05, 0.1) is 0 Å². The summed E-state index contributed by atoms with van der Waals surface area (Å²) >= 11 is 0. The van der Waals surface area contributed by atoms with Crippen LogP contribution in [0.4, 0.5) is 0 Å². The number of allylic oxidation sites excluding steroid dienone is 2. The summed E-state index contributed by atoms with van der Waals surface area (Å²) in [7, 11) is 0. The van der Waals surface area contributed by atoms with Gasteiger partial charge in [-0.2, -0.15) is 35.9 Å². The standard InChI is InChI=1S/C10H13.C5H5.Fe/c1-3-9(2)8-10-6-4-5-7-10;1-2-4-5-3-1;/h3-7H,8H2,1-2H3;1-5H;/q2*-1;+2. The quantitative estimate of drug-likeness (QED) is 0.425. The summed E-state index contributed by atoms with van der Waals surface area (Å²) in [6.45, 7) is 4.24. The Balaban J connectivity index is 0.000000318. The third-order valence-corrected chi connectivity index (χ3v) is 2.26. The molecule has 86 valence electrons. The van der Waals surface area contributed by atoms with E-state index >= 15 is 0 Å². The van der Waals surface area contributed by atoms with Crippen LogP contribution in [0.5, 0.6) is 0 Å². The average molecular weight is 254 g/mol. The topological polar surface area (TPSA) is 0 Å². The van der Waals surface area contributed by atoms with Crippen LogP contribution >= 0.6 is 0 Å². The molecule has 0 aliphatic heterocycles. The molecule has 0 atom stereocenters. The molecule has 0 fully saturated rings. The molecule has 0 saturated heterocycles. The van der Waals surface area contributed by atoms with Crippen molar-refractivity contribution in [2.45, 2.75) is 20.3 Å². The van der Waals surface area contributed by atoms with Crippen molar-refractivity contribution in [2.75, 3.05) is 0 Å². The molecule has 2 aromatic rings. The van der Waals surface area contributed by atoms with Gasteiger partial charge in [-0.05, 0) is 20.3 Å². The smallest absolute Gasteiger partial charge is 0.214 e. The molecule has 2 rings (SSSR count). The van der Waals surface area contributed by atoms with Crippen LogP contribution in [0.1, 0.15) is 19.4 Å². The summed E-state index contributed by atoms with van der Waals surface area (Å²) in [5.74, 6) is 0. The summed E-state index contributed by atoms with van der Waals surface area (Å²) in [6, 6.07) is 18.5. The van der Waals surface area contributed by atoms with Crippen molar-refractivity contribution in [2.24, 2.45) is 0 Å². The van der Waals surface area contributed by atoms with E-state index in [2.05, 4.69) is 44.2 Å². The first kappa shape index (κ1) is 15.0. The van der Waals surface area contributed by atoms with Crippen molar-refractivity contribution in [1.82, 2.24) is 0 Å². The Labute approximate surface area is 109 Å². The molecule has 0 amide bonds. The summed E-state index contributed by atoms with van der Waals surface area (Å²) in [6.07, 6.45) is 3.26. The maximum absolute atomic E-state index is 2.16. The van der Waals surface area contributed by atoms with Gasteiger partial charge < -0.3 is 0 Å². The summed E-state index contributed by atoms with van der Waals surface area (Å²) in [5, 5.41) is 0. The molecule has 0 aromatic heterocycles. The molecule has 0 unspecified atom stereocenters. The third-order valence-electron chi connectivity index (χ3n) is 2.26. The minimum atomic E-state index is 0. The second-order valence-corrected chi connectivity index (χ2v) is 3.57. The van der Waals surface area contributed by atoms with Gasteiger partial charge in [0.15, 0.2) is 0 Å². The van der Waals surface area contributed by atoms with E-state index in [1.54, 1.807) is 0 Å². The maximum atomic E-state index is 2.16. The second kappa shape index (κ2) is 9.20. The van der Waals surface area contributed by atoms with Crippen LogP contribution < -0.4 is 0 Å². The molecule has 0 saturated carbocycles. The molecule has 0 nitrogen and oxygen atoms in total. The second-order valence-electron chi connectivity index (χ2n) is 3.57. The Hall–Kier alpha value is -1.04. The van der Waals surface area contributed by atoms with Crippen molar-refractivity contribution in [3.8, 4) is 0 Å². The van der Waals surface area contributed by atoms with Gasteiger partial charge in [-0.1, -0.05) is 11.6 Å². The van der Waals surface area contributed by atoms with Gasteiger partial charge >= 0.3 is 17.1 Å². The van der Waals surface area contributed by atoms with E-state index in [1.165, 1.54) is 11.1 Å². The molecule has 0 spiro atoms. The Bertz CT molecular complexity index is 335. The molecule has 1 heteroatoms. The Kier molecular flexibility index (Phi) is 8.61. The van der Waals surface area contributed by atoms with Gasteiger partial charge in [-0.15, -0.1) is 0 Å². The van der Waals surface area contributed by atoms with Crippen LogP contribution in [0, 0.1) is 0 Å². The third kappa shape index (κ3) is 6.44. The number of rotatable bonds is 2. The van der Waals surface area contributed by atoms with E-state index in [0.717, 1.165) is 6.42 Å². The van der Waals surface area contributed by atoms with Crippen LogP contribution in [-0.4, -0.2) is 0 Å². The van der Waals surface area contributed by atoms with Crippen molar-refractivity contribution in [3.05, 3.63) is 71.8 Å². The summed E-state index contributed by atoms with van der Waals surface area (Å²) < 4.78 is 0. The van der Waals surface area contributed by atoms with Crippen LogP contribution in [0.25, 0.3) is 0 Å². The number of hydrogen-bond acceptors (Lipinski definition) is 0. The predicted octanol–water partition coefficient (Wildman–Crippen LogP) is 4.32. The average Bonchev–Trinajstić information content (AvgIpc) is 2.92. The fourth-order valence-electron chi connectivity index (χ4n) is 1.28. The van der Waals surface area contributed by atoms with E-state index in [9.17, 15) is 0 Å². The predicted molar refractivity (Wildman–Crippen MR) is 67.2 cm³/mol. The van der Waals surface area contributed by atoms with Crippen molar-refractivity contribution in [1.29, 1.82) is 0 Å². The fraction of sp³-hybridized carbons (Fsp3) is 0.200. The van der Waals surface area contributed by atoms with Crippen molar-refractivity contribution >= 4 is 0 Å². The first-order chi connectivity index (χ1) is 7.33. The van der Waals surface area contributed by atoms with Gasteiger partial charge in [0.25, 0.3) is 0 Å². The van der Waals surface area contributed by atoms with E-state index in [1.807, 2.05) is 30.3 Å². The first-order valence-corrected chi connectivity index (χ1v) is 5.32. The van der Waals surface area contributed by atoms with Gasteiger partial charge in [-0.3, -0.25) is 0 Å². The van der Waals surface area contributed by atoms with Crippen LogP contribution in [0.2, 0.25) is 0 Å². The zero-order valence-electron chi connectivity index (χ0n) is 9.83. The molecular formula is C15H18Fe. The molecule has 0 radical (unpaired) electrons. The number of hydrogen-bond donors (Lipinski definition) is 0. The van der Waals surface area contributed by atoms with Crippen LogP contribution in [0.15, 0.2) is 66.2 Å². The molecular weight excluding hydrogens is 236 g/mol. The largest absolute Gasteiger partial charge is 2.00 e. The van der Waals surface area contributed by atoms with Gasteiger partial charge in [0.1, 0.15) is 0 Å². The van der Waals surface area contributed by atoms with Gasteiger partial charge in [0, 0.05) is 0 Å². The van der Waals surface area contributed by atoms with E-state index in [0.29, 0.717) is 0 Å². The van der Waals surface area contributed by atoms with E-state index < -0.39 is 0 Å². The van der Waals surface area contributed by atoms with Gasteiger partial charge in [0.2, 0.25) is 0 Å². The Morgan fingerprint density at radius 3 is 2.25 bits per heavy atom. The molecule has 0 aliphatic rings. The summed E-state index contributed by atoms with van der Waals surface area (Å²) in [4.78, 5) is 0. The molecule has 0 N–H and O–H groups in total. The van der Waals surface area contributed by atoms with Crippen molar-refractivity contribution in [3.63, 3.8) is 0 Å². The summed E-state index contributed by atoms with van der Waals surface area (Å²) in [5.41, 5.74) is 2.85. The first-order valence-electron chi connectivity index (χ1n) is 5.32. The van der Waals surface area contributed by atoms with Crippen LogP contribution in [-0.2, 0) is 23.5 Å². The Morgan fingerprint density at radius 2 is 1.88 bits per heavy atom. The minimum Gasteiger partial charge on any atom is -0.214 e. The Morgan fingerprint density at radius 1 is 1.19 bits per heavy atom. The molecule has 2 aromatic carbocycles. The van der Waals surface area contributed by atoms with Gasteiger partial charge in [-0.25, -0.2) is 24.3 Å². The normalized spacial score (nSPS) is 10.0. The maximum Gasteiger partial charge on any atom is 2.00 e. The van der Waals surface area contributed by atoms with E-state index in [4.69, 9.17) is 0 Å². The molecule has 16 heavy (non-hydrogen) atoms. The zero-order chi connectivity index (χ0) is 10.9. The molecule has 0 aliphatic carbocycles. The SMILES string of the molecule is CC=C(C)Cc1ccc[cH-]1.[Fe+2].c1cc[cH-]c1. The molecule has 0 heterocycles. The fourth-order valence-corrected chi connectivity index (χ4v) is 1.28. The zero-order valence-corrected chi connectivity index (χ0v) is 10.9.